The molecule has 0 spiro atoms. The molecule has 2 heteroatoms. The van der Waals surface area contributed by atoms with Crippen molar-refractivity contribution in [3.63, 3.8) is 0 Å². The van der Waals surface area contributed by atoms with E-state index >= 15 is 0 Å². The van der Waals surface area contributed by atoms with E-state index in [1.165, 1.54) is 24.0 Å². The standard InChI is InChI=1S/C16H20O2/c1-11-3-2-4-12(7-11)16(17)13-5-6-14-9-18-10-15(14)8-13/h5-6,8,11-12H,2-4,7,9-10H2,1H3. The van der Waals surface area contributed by atoms with Crippen molar-refractivity contribution in [3.8, 4) is 0 Å². The van der Waals surface area contributed by atoms with Gasteiger partial charge in [0.2, 0.25) is 0 Å². The predicted octanol–water partition coefficient (Wildman–Crippen LogP) is 3.73. The fourth-order valence-electron chi connectivity index (χ4n) is 3.23. The zero-order valence-electron chi connectivity index (χ0n) is 10.9. The summed E-state index contributed by atoms with van der Waals surface area (Å²) in [6.07, 6.45) is 4.61. The number of fused-ring (bicyclic) bond motifs is 1. The Morgan fingerprint density at radius 1 is 1.22 bits per heavy atom. The van der Waals surface area contributed by atoms with E-state index in [1.807, 2.05) is 12.1 Å². The van der Waals surface area contributed by atoms with Crippen LogP contribution in [0.25, 0.3) is 0 Å². The highest BCUT2D eigenvalue weighted by atomic mass is 16.5. The van der Waals surface area contributed by atoms with E-state index in [-0.39, 0.29) is 5.92 Å². The number of ether oxygens (including phenoxy) is 1. The lowest BCUT2D eigenvalue weighted by Crippen LogP contribution is -2.22. The Kier molecular flexibility index (Phi) is 3.21. The Hall–Kier alpha value is -1.15. The van der Waals surface area contributed by atoms with Gasteiger partial charge < -0.3 is 4.74 Å². The Morgan fingerprint density at radius 2 is 2.06 bits per heavy atom. The molecule has 0 N–H and O–H groups in total. The Balaban J connectivity index is 1.79. The molecule has 2 nitrogen and oxygen atoms in total. The fraction of sp³-hybridized carbons (Fsp3) is 0.562. The number of Topliss-reactive ketones (excluding diaryl/α,β-unsaturated/α-hetero) is 1. The summed E-state index contributed by atoms with van der Waals surface area (Å²) in [5, 5.41) is 0. The molecule has 1 fully saturated rings. The van der Waals surface area contributed by atoms with Crippen LogP contribution in [0.4, 0.5) is 0 Å². The number of hydrogen-bond acceptors (Lipinski definition) is 2. The van der Waals surface area contributed by atoms with Crippen LogP contribution in [0.15, 0.2) is 18.2 Å². The van der Waals surface area contributed by atoms with Crippen molar-refractivity contribution in [1.82, 2.24) is 0 Å². The number of benzene rings is 1. The van der Waals surface area contributed by atoms with Gasteiger partial charge in [-0.1, -0.05) is 31.9 Å². The van der Waals surface area contributed by atoms with Crippen LogP contribution in [0, 0.1) is 11.8 Å². The molecule has 0 amide bonds. The highest BCUT2D eigenvalue weighted by Crippen LogP contribution is 2.31. The molecule has 1 heterocycles. The van der Waals surface area contributed by atoms with Crippen molar-refractivity contribution in [2.24, 2.45) is 11.8 Å². The second-order valence-electron chi connectivity index (χ2n) is 5.81. The number of carbonyl (C=O) groups is 1. The van der Waals surface area contributed by atoms with Crippen molar-refractivity contribution in [1.29, 1.82) is 0 Å². The molecule has 18 heavy (non-hydrogen) atoms. The Morgan fingerprint density at radius 3 is 2.89 bits per heavy atom. The van der Waals surface area contributed by atoms with E-state index in [0.717, 1.165) is 18.4 Å². The summed E-state index contributed by atoms with van der Waals surface area (Å²) in [5.74, 6) is 1.29. The van der Waals surface area contributed by atoms with Crippen molar-refractivity contribution in [2.45, 2.75) is 45.8 Å². The molecule has 0 bridgehead atoms. The van der Waals surface area contributed by atoms with Crippen LogP contribution in [0.5, 0.6) is 0 Å². The molecule has 1 aromatic carbocycles. The monoisotopic (exact) mass is 244 g/mol. The summed E-state index contributed by atoms with van der Waals surface area (Å²) in [6.45, 7) is 3.62. The lowest BCUT2D eigenvalue weighted by molar-refractivity contribution is 0.0868. The second kappa shape index (κ2) is 4.85. The third kappa shape index (κ3) is 2.22. The maximum absolute atomic E-state index is 12.5. The van der Waals surface area contributed by atoms with Gasteiger partial charge in [-0.05, 0) is 36.0 Å². The first-order chi connectivity index (χ1) is 8.74. The second-order valence-corrected chi connectivity index (χ2v) is 5.81. The number of carbonyl (C=O) groups excluding carboxylic acids is 1. The molecule has 1 aromatic rings. The van der Waals surface area contributed by atoms with Crippen LogP contribution in [-0.2, 0) is 18.0 Å². The van der Waals surface area contributed by atoms with Crippen molar-refractivity contribution < 1.29 is 9.53 Å². The minimum atomic E-state index is 0.245. The van der Waals surface area contributed by atoms with Gasteiger partial charge >= 0.3 is 0 Å². The molecule has 1 aliphatic carbocycles. The molecule has 2 atom stereocenters. The lowest BCUT2D eigenvalue weighted by Gasteiger charge is -2.25. The van der Waals surface area contributed by atoms with Crippen molar-refractivity contribution >= 4 is 5.78 Å². The average molecular weight is 244 g/mol. The molecule has 1 saturated carbocycles. The first-order valence-corrected chi connectivity index (χ1v) is 6.98. The van der Waals surface area contributed by atoms with Gasteiger partial charge in [-0.2, -0.15) is 0 Å². The van der Waals surface area contributed by atoms with Gasteiger partial charge in [0.15, 0.2) is 5.78 Å². The van der Waals surface area contributed by atoms with Crippen molar-refractivity contribution in [2.75, 3.05) is 0 Å². The maximum Gasteiger partial charge on any atom is 0.165 e. The Labute approximate surface area is 108 Å². The van der Waals surface area contributed by atoms with Gasteiger partial charge in [-0.25, -0.2) is 0 Å². The molecule has 0 aromatic heterocycles. The Bertz CT molecular complexity index is 464. The lowest BCUT2D eigenvalue weighted by atomic mass is 9.78. The highest BCUT2D eigenvalue weighted by Gasteiger charge is 2.26. The van der Waals surface area contributed by atoms with Crippen LogP contribution < -0.4 is 0 Å². The molecule has 2 aliphatic rings. The summed E-state index contributed by atoms with van der Waals surface area (Å²) >= 11 is 0. The van der Waals surface area contributed by atoms with Crippen LogP contribution in [0.1, 0.15) is 54.1 Å². The van der Waals surface area contributed by atoms with Gasteiger partial charge in [-0.3, -0.25) is 4.79 Å². The zero-order chi connectivity index (χ0) is 12.5. The largest absolute Gasteiger partial charge is 0.372 e. The third-order valence-corrected chi connectivity index (χ3v) is 4.31. The van der Waals surface area contributed by atoms with Gasteiger partial charge in [-0.15, -0.1) is 0 Å². The van der Waals surface area contributed by atoms with E-state index < -0.39 is 0 Å². The maximum atomic E-state index is 12.5. The van der Waals surface area contributed by atoms with E-state index in [2.05, 4.69) is 13.0 Å². The highest BCUT2D eigenvalue weighted by molar-refractivity contribution is 5.98. The van der Waals surface area contributed by atoms with E-state index in [0.29, 0.717) is 24.9 Å². The molecule has 1 aliphatic heterocycles. The topological polar surface area (TPSA) is 26.3 Å². The van der Waals surface area contributed by atoms with E-state index in [4.69, 9.17) is 4.74 Å². The van der Waals surface area contributed by atoms with E-state index in [9.17, 15) is 4.79 Å². The average Bonchev–Trinajstić information content (AvgIpc) is 2.85. The van der Waals surface area contributed by atoms with Gasteiger partial charge in [0.05, 0.1) is 13.2 Å². The molecular formula is C16H20O2. The van der Waals surface area contributed by atoms with Gasteiger partial charge in [0.25, 0.3) is 0 Å². The van der Waals surface area contributed by atoms with Crippen LogP contribution >= 0.6 is 0 Å². The molecular weight excluding hydrogens is 224 g/mol. The van der Waals surface area contributed by atoms with Crippen molar-refractivity contribution in [3.05, 3.63) is 34.9 Å². The number of hydrogen-bond donors (Lipinski definition) is 0. The summed E-state index contributed by atoms with van der Waals surface area (Å²) in [7, 11) is 0. The van der Waals surface area contributed by atoms with E-state index in [1.54, 1.807) is 0 Å². The number of ketones is 1. The van der Waals surface area contributed by atoms with Crippen LogP contribution in [0.3, 0.4) is 0 Å². The first-order valence-electron chi connectivity index (χ1n) is 6.98. The minimum absolute atomic E-state index is 0.245. The first kappa shape index (κ1) is 11.9. The SMILES string of the molecule is CC1CCCC(C(=O)c2ccc3c(c2)COC3)C1. The van der Waals surface area contributed by atoms with Gasteiger partial charge in [0, 0.05) is 11.5 Å². The molecule has 3 rings (SSSR count). The quantitative estimate of drug-likeness (QED) is 0.741. The predicted molar refractivity (Wildman–Crippen MR) is 70.4 cm³/mol. The van der Waals surface area contributed by atoms with Crippen LogP contribution in [-0.4, -0.2) is 5.78 Å². The fourth-order valence-corrected chi connectivity index (χ4v) is 3.23. The normalized spacial score (nSPS) is 26.9. The zero-order valence-corrected chi connectivity index (χ0v) is 10.9. The third-order valence-electron chi connectivity index (χ3n) is 4.31. The molecule has 96 valence electrons. The summed E-state index contributed by atoms with van der Waals surface area (Å²) < 4.78 is 5.40. The summed E-state index contributed by atoms with van der Waals surface area (Å²) in [5.41, 5.74) is 3.33. The molecule has 2 unspecified atom stereocenters. The summed E-state index contributed by atoms with van der Waals surface area (Å²) in [4.78, 5) is 12.5. The smallest absolute Gasteiger partial charge is 0.165 e. The minimum Gasteiger partial charge on any atom is -0.372 e. The van der Waals surface area contributed by atoms with Gasteiger partial charge in [0.1, 0.15) is 0 Å². The van der Waals surface area contributed by atoms with Crippen LogP contribution in [0.2, 0.25) is 0 Å². The summed E-state index contributed by atoms with van der Waals surface area (Å²) in [6, 6.07) is 6.08. The molecule has 0 saturated heterocycles. The number of rotatable bonds is 2. The molecule has 0 radical (unpaired) electrons.